The normalized spacial score (nSPS) is 15.2. The van der Waals surface area contributed by atoms with Crippen LogP contribution < -0.4 is 4.74 Å². The number of hydrogen-bond acceptors (Lipinski definition) is 5. The first-order valence-electron chi connectivity index (χ1n) is 11.1. The summed E-state index contributed by atoms with van der Waals surface area (Å²) in [4.78, 5) is 16.6. The maximum absolute atomic E-state index is 11.6. The standard InChI is InChI=1S/C27H30N2O3/c1-31-27(30)24-12-8-22(9-13-24)20-28-16-5-17-29(19-18-28)21-23-10-14-26(15-11-23)32-25-6-3-2-4-7-25/h2-4,6-15H,5,16-21H2,1H3. The third-order valence-electron chi connectivity index (χ3n) is 5.77. The van der Waals surface area contributed by atoms with Gasteiger partial charge in [-0.05, 0) is 67.0 Å². The Morgan fingerprint density at radius 3 is 1.81 bits per heavy atom. The van der Waals surface area contributed by atoms with Crippen LogP contribution in [0.25, 0.3) is 0 Å². The molecule has 0 aromatic heterocycles. The second-order valence-electron chi connectivity index (χ2n) is 8.15. The molecule has 0 N–H and O–H groups in total. The smallest absolute Gasteiger partial charge is 0.337 e. The number of methoxy groups -OCH3 is 1. The molecule has 4 rings (SSSR count). The lowest BCUT2D eigenvalue weighted by Gasteiger charge is -2.22. The molecule has 1 fully saturated rings. The Kier molecular flexibility index (Phi) is 7.54. The van der Waals surface area contributed by atoms with E-state index in [9.17, 15) is 4.79 Å². The van der Waals surface area contributed by atoms with E-state index < -0.39 is 0 Å². The third-order valence-corrected chi connectivity index (χ3v) is 5.77. The van der Waals surface area contributed by atoms with Gasteiger partial charge in [-0.2, -0.15) is 0 Å². The molecule has 0 spiro atoms. The molecular weight excluding hydrogens is 400 g/mol. The molecule has 0 radical (unpaired) electrons. The minimum Gasteiger partial charge on any atom is -0.465 e. The number of hydrogen-bond donors (Lipinski definition) is 0. The van der Waals surface area contributed by atoms with E-state index in [0.29, 0.717) is 5.56 Å². The van der Waals surface area contributed by atoms with Crippen LogP contribution in [0.3, 0.4) is 0 Å². The van der Waals surface area contributed by atoms with Crippen LogP contribution in [0, 0.1) is 0 Å². The predicted octanol–water partition coefficient (Wildman–Crippen LogP) is 4.97. The monoisotopic (exact) mass is 430 g/mol. The van der Waals surface area contributed by atoms with Crippen LogP contribution in [0.15, 0.2) is 78.9 Å². The highest BCUT2D eigenvalue weighted by atomic mass is 16.5. The quantitative estimate of drug-likeness (QED) is 0.495. The van der Waals surface area contributed by atoms with Gasteiger partial charge in [0, 0.05) is 26.2 Å². The van der Waals surface area contributed by atoms with E-state index in [4.69, 9.17) is 9.47 Å². The van der Waals surface area contributed by atoms with E-state index in [1.54, 1.807) is 0 Å². The van der Waals surface area contributed by atoms with E-state index in [0.717, 1.165) is 57.2 Å². The number of benzene rings is 3. The number of para-hydroxylation sites is 1. The minimum atomic E-state index is -0.290. The van der Waals surface area contributed by atoms with Gasteiger partial charge in [0.25, 0.3) is 0 Å². The summed E-state index contributed by atoms with van der Waals surface area (Å²) >= 11 is 0. The average Bonchev–Trinajstić information content (AvgIpc) is 3.06. The summed E-state index contributed by atoms with van der Waals surface area (Å²) in [5.74, 6) is 1.43. The summed E-state index contributed by atoms with van der Waals surface area (Å²) in [6.45, 7) is 6.11. The number of carbonyl (C=O) groups is 1. The Morgan fingerprint density at radius 2 is 1.25 bits per heavy atom. The zero-order chi connectivity index (χ0) is 22.2. The molecule has 1 aliphatic rings. The van der Waals surface area contributed by atoms with Crippen LogP contribution >= 0.6 is 0 Å². The van der Waals surface area contributed by atoms with Crippen LogP contribution in [0.5, 0.6) is 11.5 Å². The number of esters is 1. The maximum Gasteiger partial charge on any atom is 0.337 e. The third kappa shape index (κ3) is 6.19. The van der Waals surface area contributed by atoms with Gasteiger partial charge in [-0.25, -0.2) is 4.79 Å². The highest BCUT2D eigenvalue weighted by Gasteiger charge is 2.16. The fraction of sp³-hybridized carbons (Fsp3) is 0.296. The molecule has 1 saturated heterocycles. The summed E-state index contributed by atoms with van der Waals surface area (Å²) < 4.78 is 10.7. The largest absolute Gasteiger partial charge is 0.465 e. The average molecular weight is 431 g/mol. The molecule has 32 heavy (non-hydrogen) atoms. The summed E-state index contributed by atoms with van der Waals surface area (Å²) in [5, 5.41) is 0. The summed E-state index contributed by atoms with van der Waals surface area (Å²) in [6, 6.07) is 26.0. The van der Waals surface area contributed by atoms with Crippen LogP contribution in [0.4, 0.5) is 0 Å². The van der Waals surface area contributed by atoms with E-state index in [1.807, 2.05) is 66.7 Å². The molecule has 0 saturated carbocycles. The molecule has 0 unspecified atom stereocenters. The van der Waals surface area contributed by atoms with Crippen LogP contribution in [0.1, 0.15) is 27.9 Å². The highest BCUT2D eigenvalue weighted by molar-refractivity contribution is 5.89. The molecule has 0 aliphatic carbocycles. The van der Waals surface area contributed by atoms with Gasteiger partial charge in [0.2, 0.25) is 0 Å². The van der Waals surface area contributed by atoms with Gasteiger partial charge in [-0.1, -0.05) is 42.5 Å². The van der Waals surface area contributed by atoms with E-state index in [1.165, 1.54) is 18.2 Å². The molecule has 1 heterocycles. The topological polar surface area (TPSA) is 42.0 Å². The minimum absolute atomic E-state index is 0.290. The Labute approximate surface area is 190 Å². The number of rotatable bonds is 7. The number of nitrogens with zero attached hydrogens (tertiary/aromatic N) is 2. The molecule has 0 bridgehead atoms. The first kappa shape index (κ1) is 22.1. The van der Waals surface area contributed by atoms with Crippen molar-refractivity contribution in [1.29, 1.82) is 0 Å². The lowest BCUT2D eigenvalue weighted by Crippen LogP contribution is -2.30. The van der Waals surface area contributed by atoms with Crippen molar-refractivity contribution >= 4 is 5.97 Å². The van der Waals surface area contributed by atoms with Crippen molar-refractivity contribution in [2.24, 2.45) is 0 Å². The zero-order valence-corrected chi connectivity index (χ0v) is 18.6. The van der Waals surface area contributed by atoms with Crippen molar-refractivity contribution in [3.05, 3.63) is 95.6 Å². The molecular formula is C27H30N2O3. The van der Waals surface area contributed by atoms with Crippen LogP contribution in [0.2, 0.25) is 0 Å². The molecule has 3 aromatic rings. The zero-order valence-electron chi connectivity index (χ0n) is 18.6. The summed E-state index contributed by atoms with van der Waals surface area (Å²) in [5.41, 5.74) is 3.12. The lowest BCUT2D eigenvalue weighted by molar-refractivity contribution is 0.0600. The first-order valence-corrected chi connectivity index (χ1v) is 11.1. The number of ether oxygens (including phenoxy) is 2. The predicted molar refractivity (Wildman–Crippen MR) is 126 cm³/mol. The highest BCUT2D eigenvalue weighted by Crippen LogP contribution is 2.22. The lowest BCUT2D eigenvalue weighted by atomic mass is 10.1. The second kappa shape index (κ2) is 10.9. The van der Waals surface area contributed by atoms with Crippen molar-refractivity contribution < 1.29 is 14.3 Å². The molecule has 5 nitrogen and oxygen atoms in total. The van der Waals surface area contributed by atoms with E-state index in [2.05, 4.69) is 21.9 Å². The van der Waals surface area contributed by atoms with Gasteiger partial charge >= 0.3 is 5.97 Å². The van der Waals surface area contributed by atoms with Gasteiger partial charge in [0.05, 0.1) is 12.7 Å². The van der Waals surface area contributed by atoms with E-state index >= 15 is 0 Å². The van der Waals surface area contributed by atoms with Gasteiger partial charge in [0.1, 0.15) is 11.5 Å². The fourth-order valence-corrected chi connectivity index (χ4v) is 4.01. The van der Waals surface area contributed by atoms with Crippen molar-refractivity contribution in [2.75, 3.05) is 33.3 Å². The molecule has 166 valence electrons. The van der Waals surface area contributed by atoms with Crippen molar-refractivity contribution in [2.45, 2.75) is 19.5 Å². The molecule has 1 aliphatic heterocycles. The molecule has 5 heteroatoms. The summed E-state index contributed by atoms with van der Waals surface area (Å²) in [7, 11) is 1.41. The van der Waals surface area contributed by atoms with Gasteiger partial charge in [0.15, 0.2) is 0 Å². The van der Waals surface area contributed by atoms with Crippen LogP contribution in [-0.4, -0.2) is 49.1 Å². The SMILES string of the molecule is COC(=O)c1ccc(CN2CCCN(Cc3ccc(Oc4ccccc4)cc3)CC2)cc1. The maximum atomic E-state index is 11.6. The molecule has 0 atom stereocenters. The van der Waals surface area contributed by atoms with Crippen LogP contribution in [-0.2, 0) is 17.8 Å². The van der Waals surface area contributed by atoms with Crippen molar-refractivity contribution in [3.8, 4) is 11.5 Å². The van der Waals surface area contributed by atoms with Gasteiger partial charge < -0.3 is 9.47 Å². The number of carbonyl (C=O) groups excluding carboxylic acids is 1. The first-order chi connectivity index (χ1) is 15.7. The Hall–Kier alpha value is -3.15. The van der Waals surface area contributed by atoms with Crippen molar-refractivity contribution in [3.63, 3.8) is 0 Å². The fourth-order valence-electron chi connectivity index (χ4n) is 4.01. The van der Waals surface area contributed by atoms with Gasteiger partial charge in [-0.15, -0.1) is 0 Å². The molecule has 0 amide bonds. The Bertz CT molecular complexity index is 988. The second-order valence-corrected chi connectivity index (χ2v) is 8.15. The van der Waals surface area contributed by atoms with Crippen molar-refractivity contribution in [1.82, 2.24) is 9.80 Å². The molecule has 3 aromatic carbocycles. The summed E-state index contributed by atoms with van der Waals surface area (Å²) in [6.07, 6.45) is 1.15. The Balaban J connectivity index is 1.26. The Morgan fingerprint density at radius 1 is 0.719 bits per heavy atom. The van der Waals surface area contributed by atoms with Gasteiger partial charge in [-0.3, -0.25) is 9.80 Å². The van der Waals surface area contributed by atoms with E-state index in [-0.39, 0.29) is 5.97 Å².